The lowest BCUT2D eigenvalue weighted by Crippen LogP contribution is -2.46. The molecule has 1 aliphatic heterocycles. The van der Waals surface area contributed by atoms with Crippen molar-refractivity contribution in [2.24, 2.45) is 0 Å². The van der Waals surface area contributed by atoms with Gasteiger partial charge >= 0.3 is 6.18 Å². The van der Waals surface area contributed by atoms with E-state index in [0.29, 0.717) is 47.3 Å². The lowest BCUT2D eigenvalue weighted by molar-refractivity contribution is -0.137. The fourth-order valence-corrected chi connectivity index (χ4v) is 4.99. The molecule has 204 valence electrons. The highest BCUT2D eigenvalue weighted by atomic mass is 32.1. The summed E-state index contributed by atoms with van der Waals surface area (Å²) in [6, 6.07) is 6.91. The highest BCUT2D eigenvalue weighted by molar-refractivity contribution is 7.14. The van der Waals surface area contributed by atoms with Crippen LogP contribution in [0.4, 0.5) is 24.0 Å². The molecule has 0 bridgehead atoms. The number of methoxy groups -OCH3 is 3. The lowest BCUT2D eigenvalue weighted by Gasteiger charge is -2.36. The van der Waals surface area contributed by atoms with Gasteiger partial charge in [-0.05, 0) is 36.9 Å². The number of thiazole rings is 1. The zero-order valence-electron chi connectivity index (χ0n) is 21.5. The van der Waals surface area contributed by atoms with E-state index < -0.39 is 17.6 Å². The summed E-state index contributed by atoms with van der Waals surface area (Å²) in [7, 11) is 4.50. The highest BCUT2D eigenvalue weighted by Crippen LogP contribution is 2.41. The second-order valence-electron chi connectivity index (χ2n) is 8.59. The summed E-state index contributed by atoms with van der Waals surface area (Å²) >= 11 is 1.15. The number of carbonyl (C=O) groups excluding carboxylic acids is 1. The van der Waals surface area contributed by atoms with Gasteiger partial charge in [0, 0.05) is 48.4 Å². The predicted molar refractivity (Wildman–Crippen MR) is 141 cm³/mol. The van der Waals surface area contributed by atoms with E-state index in [4.69, 9.17) is 14.2 Å². The van der Waals surface area contributed by atoms with Crippen LogP contribution in [0.25, 0.3) is 11.3 Å². The number of nitrogens with zero attached hydrogens (tertiary/aromatic N) is 3. The lowest BCUT2D eigenvalue weighted by atomic mass is 10.1. The number of hydrogen-bond acceptors (Lipinski definition) is 8. The maximum atomic E-state index is 13.7. The van der Waals surface area contributed by atoms with Crippen LogP contribution in [0.1, 0.15) is 22.8 Å². The number of rotatable bonds is 8. The fraction of sp³-hybridized carbons (Fsp3) is 0.385. The molecule has 2 heterocycles. The van der Waals surface area contributed by atoms with E-state index >= 15 is 0 Å². The first-order valence-corrected chi connectivity index (χ1v) is 12.8. The largest absolute Gasteiger partial charge is 0.493 e. The number of carbonyl (C=O) groups is 1. The van der Waals surface area contributed by atoms with Gasteiger partial charge in [-0.3, -0.25) is 10.1 Å². The van der Waals surface area contributed by atoms with Crippen molar-refractivity contribution in [2.75, 3.05) is 64.3 Å². The first-order chi connectivity index (χ1) is 18.2. The van der Waals surface area contributed by atoms with Gasteiger partial charge in [-0.2, -0.15) is 13.2 Å². The topological polar surface area (TPSA) is 76.2 Å². The average Bonchev–Trinajstić information content (AvgIpc) is 3.39. The van der Waals surface area contributed by atoms with Gasteiger partial charge in [-0.1, -0.05) is 6.92 Å². The van der Waals surface area contributed by atoms with Crippen LogP contribution in [-0.2, 0) is 6.18 Å². The third-order valence-corrected chi connectivity index (χ3v) is 7.13. The van der Waals surface area contributed by atoms with E-state index in [1.165, 1.54) is 27.4 Å². The van der Waals surface area contributed by atoms with E-state index in [-0.39, 0.29) is 10.7 Å². The monoisotopic (exact) mass is 550 g/mol. The smallest absolute Gasteiger partial charge is 0.416 e. The van der Waals surface area contributed by atoms with Gasteiger partial charge < -0.3 is 24.0 Å². The number of halogens is 3. The average molecular weight is 551 g/mol. The third-order valence-electron chi connectivity index (χ3n) is 6.38. The normalized spacial score (nSPS) is 14.3. The Morgan fingerprint density at radius 1 is 1.00 bits per heavy atom. The van der Waals surface area contributed by atoms with Crippen LogP contribution in [0, 0.1) is 0 Å². The van der Waals surface area contributed by atoms with Crippen molar-refractivity contribution in [2.45, 2.75) is 13.1 Å². The number of likely N-dealkylation sites (N-methyl/N-ethyl adjacent to an activating group) is 1. The molecule has 1 fully saturated rings. The number of benzene rings is 2. The Morgan fingerprint density at radius 2 is 1.66 bits per heavy atom. The Kier molecular flexibility index (Phi) is 8.32. The van der Waals surface area contributed by atoms with Gasteiger partial charge in [0.2, 0.25) is 5.75 Å². The zero-order valence-corrected chi connectivity index (χ0v) is 22.3. The zero-order chi connectivity index (χ0) is 27.4. The van der Waals surface area contributed by atoms with Crippen LogP contribution >= 0.6 is 11.3 Å². The molecule has 3 aromatic rings. The minimum Gasteiger partial charge on any atom is -0.493 e. The summed E-state index contributed by atoms with van der Waals surface area (Å²) < 4.78 is 57.2. The van der Waals surface area contributed by atoms with Crippen molar-refractivity contribution < 1.29 is 32.2 Å². The molecule has 1 aliphatic rings. The molecule has 0 aliphatic carbocycles. The standard InChI is InChI=1S/C26H29F3N4O4S/c1-5-32-6-8-33(9-7-32)19-11-17(10-18(14-19)26(27,28)29)24(34)31-25-30-20(15-38-25)16-12-21(35-2)23(37-4)22(13-16)36-3/h10-15H,5-9H2,1-4H3,(H,30,31,34). The third kappa shape index (κ3) is 5.97. The van der Waals surface area contributed by atoms with Crippen molar-refractivity contribution >= 4 is 28.1 Å². The second-order valence-corrected chi connectivity index (χ2v) is 9.45. The van der Waals surface area contributed by atoms with E-state index in [9.17, 15) is 18.0 Å². The minimum atomic E-state index is -4.59. The van der Waals surface area contributed by atoms with Crippen LogP contribution < -0.4 is 24.4 Å². The summed E-state index contributed by atoms with van der Waals surface area (Å²) in [6.07, 6.45) is -4.59. The molecular weight excluding hydrogens is 521 g/mol. The maximum Gasteiger partial charge on any atom is 0.416 e. The summed E-state index contributed by atoms with van der Waals surface area (Å²) in [5.74, 6) is 0.641. The first kappa shape index (κ1) is 27.5. The Hall–Kier alpha value is -3.51. The molecule has 38 heavy (non-hydrogen) atoms. The number of aromatic nitrogens is 1. The van der Waals surface area contributed by atoms with Crippen LogP contribution in [0.2, 0.25) is 0 Å². The molecule has 1 aromatic heterocycles. The summed E-state index contributed by atoms with van der Waals surface area (Å²) in [5, 5.41) is 4.61. The van der Waals surface area contributed by atoms with Crippen LogP contribution in [0.15, 0.2) is 35.7 Å². The van der Waals surface area contributed by atoms with E-state index in [0.717, 1.165) is 43.1 Å². The maximum absolute atomic E-state index is 13.7. The number of hydrogen-bond donors (Lipinski definition) is 1. The number of nitrogens with one attached hydrogen (secondary N) is 1. The molecule has 2 aromatic carbocycles. The van der Waals surface area contributed by atoms with Gasteiger partial charge in [-0.25, -0.2) is 4.98 Å². The summed E-state index contributed by atoms with van der Waals surface area (Å²) in [6.45, 7) is 5.60. The molecule has 1 saturated heterocycles. The molecule has 4 rings (SSSR count). The number of piperazine rings is 1. The van der Waals surface area contributed by atoms with Gasteiger partial charge in [-0.15, -0.1) is 11.3 Å². The van der Waals surface area contributed by atoms with Crippen molar-refractivity contribution in [3.63, 3.8) is 0 Å². The SMILES string of the molecule is CCN1CCN(c2cc(C(=O)Nc3nc(-c4cc(OC)c(OC)c(OC)c4)cs3)cc(C(F)(F)F)c2)CC1. The highest BCUT2D eigenvalue weighted by Gasteiger charge is 2.33. The molecule has 1 amide bonds. The summed E-state index contributed by atoms with van der Waals surface area (Å²) in [5.41, 5.74) is 0.609. The Morgan fingerprint density at radius 3 is 2.21 bits per heavy atom. The predicted octanol–water partition coefficient (Wildman–Crippen LogP) is 5.25. The molecule has 0 saturated carbocycles. The van der Waals surface area contributed by atoms with Gasteiger partial charge in [0.25, 0.3) is 5.91 Å². The van der Waals surface area contributed by atoms with Gasteiger partial charge in [0.05, 0.1) is 32.6 Å². The van der Waals surface area contributed by atoms with E-state index in [2.05, 4.69) is 15.2 Å². The molecule has 0 atom stereocenters. The number of anilines is 2. The quantitative estimate of drug-likeness (QED) is 0.411. The molecule has 1 N–H and O–H groups in total. The Balaban J connectivity index is 1.59. The minimum absolute atomic E-state index is 0.0858. The van der Waals surface area contributed by atoms with Crippen molar-refractivity contribution in [1.82, 2.24) is 9.88 Å². The van der Waals surface area contributed by atoms with E-state index in [1.807, 2.05) is 11.8 Å². The number of amides is 1. The fourth-order valence-electron chi connectivity index (χ4n) is 4.27. The first-order valence-electron chi connectivity index (χ1n) is 11.9. The Bertz CT molecular complexity index is 1260. The summed E-state index contributed by atoms with van der Waals surface area (Å²) in [4.78, 5) is 21.6. The molecule has 0 radical (unpaired) electrons. The van der Waals surface area contributed by atoms with Crippen molar-refractivity contribution in [3.05, 3.63) is 46.8 Å². The molecular formula is C26H29F3N4O4S. The number of alkyl halides is 3. The van der Waals surface area contributed by atoms with Crippen molar-refractivity contribution in [3.8, 4) is 28.5 Å². The second kappa shape index (κ2) is 11.5. The molecule has 0 unspecified atom stereocenters. The van der Waals surface area contributed by atoms with Crippen LogP contribution in [0.5, 0.6) is 17.2 Å². The van der Waals surface area contributed by atoms with Gasteiger partial charge in [0.15, 0.2) is 16.6 Å². The van der Waals surface area contributed by atoms with Crippen molar-refractivity contribution in [1.29, 1.82) is 0 Å². The molecule has 12 heteroatoms. The van der Waals surface area contributed by atoms with E-state index in [1.54, 1.807) is 17.5 Å². The van der Waals surface area contributed by atoms with Gasteiger partial charge in [0.1, 0.15) is 0 Å². The molecule has 8 nitrogen and oxygen atoms in total. The Labute approximate surface area is 222 Å². The van der Waals surface area contributed by atoms with Crippen LogP contribution in [0.3, 0.4) is 0 Å². The molecule has 0 spiro atoms. The number of ether oxygens (including phenoxy) is 3. The van der Waals surface area contributed by atoms with Crippen LogP contribution in [-0.4, -0.2) is 69.8 Å².